The fourth-order valence-corrected chi connectivity index (χ4v) is 0.442. The van der Waals surface area contributed by atoms with Crippen molar-refractivity contribution in [2.24, 2.45) is 5.18 Å². The van der Waals surface area contributed by atoms with Gasteiger partial charge in [-0.25, -0.2) is 4.79 Å². The smallest absolute Gasteiger partial charge is 0.361 e. The minimum absolute atomic E-state index is 0.937. The van der Waals surface area contributed by atoms with E-state index in [-0.39, 0.29) is 0 Å². The topological polar surface area (TPSA) is 124 Å². The molecule has 7 heteroatoms. The minimum Gasteiger partial charge on any atom is -0.509 e. The highest BCUT2D eigenvalue weighted by atomic mass is 16.4. The number of nitroso groups, excluding NO2 is 1. The molecule has 0 bridgehead atoms. The Morgan fingerprint density at radius 3 is 1.92 bits per heavy atom. The summed E-state index contributed by atoms with van der Waals surface area (Å²) in [7, 11) is 0. The zero-order valence-electron chi connectivity index (χ0n) is 5.72. The highest BCUT2D eigenvalue weighted by Gasteiger charge is 2.16. The van der Waals surface area contributed by atoms with Crippen LogP contribution in [-0.2, 0) is 9.59 Å². The normalized spacial score (nSPS) is 11.7. The lowest BCUT2D eigenvalue weighted by molar-refractivity contribution is -0.136. The Morgan fingerprint density at radius 2 is 1.67 bits per heavy atom. The Balaban J connectivity index is 4.72. The molecule has 0 heterocycles. The van der Waals surface area contributed by atoms with Crippen molar-refractivity contribution in [3.8, 4) is 0 Å². The van der Waals surface area contributed by atoms with Crippen LogP contribution in [-0.4, -0.2) is 27.3 Å². The lowest BCUT2D eigenvalue weighted by Crippen LogP contribution is -2.05. The number of carboxylic acids is 2. The van der Waals surface area contributed by atoms with Gasteiger partial charge in [0.15, 0.2) is 0 Å². The van der Waals surface area contributed by atoms with E-state index in [4.69, 9.17) is 15.3 Å². The Hall–Kier alpha value is -1.92. The van der Waals surface area contributed by atoms with Gasteiger partial charge in [-0.1, -0.05) is 0 Å². The molecule has 0 saturated heterocycles. The Labute approximate surface area is 65.9 Å². The van der Waals surface area contributed by atoms with E-state index in [0.29, 0.717) is 0 Å². The van der Waals surface area contributed by atoms with E-state index in [1.165, 1.54) is 0 Å². The second kappa shape index (κ2) is 4.06. The van der Waals surface area contributed by atoms with E-state index in [2.05, 4.69) is 0 Å². The highest BCUT2D eigenvalue weighted by Crippen LogP contribution is 2.06. The van der Waals surface area contributed by atoms with Crippen molar-refractivity contribution < 1.29 is 24.9 Å². The number of nitrogens with zero attached hydrogens (tertiary/aromatic N) is 1. The number of carbonyl (C=O) groups is 2. The van der Waals surface area contributed by atoms with Crippen LogP contribution >= 0.6 is 0 Å². The van der Waals surface area contributed by atoms with Crippen LogP contribution in [0.25, 0.3) is 0 Å². The Bertz CT molecular complexity index is 255. The standard InChI is InChI=1S/C5H5NO6/c7-2(1-3(8)9)4(6-12)5(10)11/h7H,1H2,(H,8,9)(H,10,11). The summed E-state index contributed by atoms with van der Waals surface area (Å²) in [5, 5.41) is 26.9. The molecule has 0 rings (SSSR count). The van der Waals surface area contributed by atoms with Crippen LogP contribution in [0.1, 0.15) is 6.42 Å². The fraction of sp³-hybridized carbons (Fsp3) is 0.200. The van der Waals surface area contributed by atoms with E-state index < -0.39 is 29.8 Å². The van der Waals surface area contributed by atoms with Gasteiger partial charge in [-0.15, -0.1) is 4.91 Å². The summed E-state index contributed by atoms with van der Waals surface area (Å²) < 4.78 is 0. The summed E-state index contributed by atoms with van der Waals surface area (Å²) in [6, 6.07) is 0. The highest BCUT2D eigenvalue weighted by molar-refractivity contribution is 5.87. The zero-order chi connectivity index (χ0) is 9.72. The first-order chi connectivity index (χ1) is 5.49. The maximum atomic E-state index is 10.0. The molecule has 7 nitrogen and oxygen atoms in total. The molecule has 0 aromatic carbocycles. The summed E-state index contributed by atoms with van der Waals surface area (Å²) in [6.07, 6.45) is -0.937. The van der Waals surface area contributed by atoms with Crippen LogP contribution in [0, 0.1) is 4.91 Å². The van der Waals surface area contributed by atoms with Crippen molar-refractivity contribution in [2.75, 3.05) is 0 Å². The number of aliphatic carboxylic acids is 2. The molecule has 0 aromatic heterocycles. The van der Waals surface area contributed by atoms with Gasteiger partial charge in [-0.2, -0.15) is 0 Å². The van der Waals surface area contributed by atoms with Gasteiger partial charge in [0.05, 0.1) is 0 Å². The van der Waals surface area contributed by atoms with Gasteiger partial charge in [0.2, 0.25) is 5.70 Å². The van der Waals surface area contributed by atoms with E-state index >= 15 is 0 Å². The van der Waals surface area contributed by atoms with Gasteiger partial charge in [-0.05, 0) is 5.18 Å². The number of hydrogen-bond donors (Lipinski definition) is 3. The van der Waals surface area contributed by atoms with Gasteiger partial charge in [-0.3, -0.25) is 4.79 Å². The second-order valence-corrected chi connectivity index (χ2v) is 1.76. The molecule has 0 radical (unpaired) electrons. The lowest BCUT2D eigenvalue weighted by Gasteiger charge is -1.95. The quantitative estimate of drug-likeness (QED) is 0.315. The monoisotopic (exact) mass is 175 g/mol. The van der Waals surface area contributed by atoms with Gasteiger partial charge in [0.1, 0.15) is 12.2 Å². The van der Waals surface area contributed by atoms with Gasteiger partial charge in [0.25, 0.3) is 0 Å². The van der Waals surface area contributed by atoms with Crippen molar-refractivity contribution in [1.29, 1.82) is 0 Å². The van der Waals surface area contributed by atoms with Crippen LogP contribution in [0.4, 0.5) is 0 Å². The summed E-state index contributed by atoms with van der Waals surface area (Å²) in [6.45, 7) is 0. The van der Waals surface area contributed by atoms with Crippen LogP contribution in [0.5, 0.6) is 0 Å². The zero-order valence-corrected chi connectivity index (χ0v) is 5.72. The predicted octanol–water partition coefficient (Wildman–Crippen LogP) is 0.0817. The second-order valence-electron chi connectivity index (χ2n) is 1.76. The molecule has 0 unspecified atom stereocenters. The molecule has 0 atom stereocenters. The molecule has 0 aliphatic carbocycles. The maximum Gasteiger partial charge on any atom is 0.361 e. The van der Waals surface area contributed by atoms with Crippen molar-refractivity contribution in [2.45, 2.75) is 6.42 Å². The SMILES string of the molecule is O=NC(C(=O)O)=C(O)CC(=O)O. The number of rotatable bonds is 4. The summed E-state index contributed by atoms with van der Waals surface area (Å²) >= 11 is 0. The molecule has 3 N–H and O–H groups in total. The number of aliphatic hydroxyl groups excluding tert-OH is 1. The van der Waals surface area contributed by atoms with E-state index in [0.717, 1.165) is 0 Å². The first kappa shape index (κ1) is 10.1. The van der Waals surface area contributed by atoms with Crippen molar-refractivity contribution in [3.63, 3.8) is 0 Å². The summed E-state index contributed by atoms with van der Waals surface area (Å²) in [5.41, 5.74) is -1.18. The minimum atomic E-state index is -1.76. The largest absolute Gasteiger partial charge is 0.509 e. The number of aliphatic hydroxyl groups is 1. The molecule has 0 aliphatic heterocycles. The first-order valence-corrected chi connectivity index (χ1v) is 2.69. The number of carboxylic acid groups (broad SMARTS) is 2. The fourth-order valence-electron chi connectivity index (χ4n) is 0.442. The maximum absolute atomic E-state index is 10.0. The lowest BCUT2D eigenvalue weighted by atomic mass is 10.3. The molecule has 12 heavy (non-hydrogen) atoms. The average Bonchev–Trinajstić information content (AvgIpc) is 1.85. The molecule has 0 amide bonds. The van der Waals surface area contributed by atoms with E-state index in [1.807, 2.05) is 5.18 Å². The predicted molar refractivity (Wildman–Crippen MR) is 35.3 cm³/mol. The molecule has 0 spiro atoms. The third-order valence-electron chi connectivity index (χ3n) is 0.886. The summed E-state index contributed by atoms with van der Waals surface area (Å²) in [5.74, 6) is -4.27. The van der Waals surface area contributed by atoms with E-state index in [9.17, 15) is 14.5 Å². The van der Waals surface area contributed by atoms with Crippen LogP contribution in [0.15, 0.2) is 16.6 Å². The third-order valence-corrected chi connectivity index (χ3v) is 0.886. The van der Waals surface area contributed by atoms with Crippen LogP contribution in [0.3, 0.4) is 0 Å². The van der Waals surface area contributed by atoms with Crippen molar-refractivity contribution in [1.82, 2.24) is 0 Å². The molecule has 0 aromatic rings. The van der Waals surface area contributed by atoms with Crippen LogP contribution < -0.4 is 0 Å². The van der Waals surface area contributed by atoms with Crippen LogP contribution in [0.2, 0.25) is 0 Å². The Kier molecular flexibility index (Phi) is 3.41. The third kappa shape index (κ3) is 2.78. The molecular formula is C5H5NO6. The van der Waals surface area contributed by atoms with Crippen molar-refractivity contribution in [3.05, 3.63) is 16.4 Å². The van der Waals surface area contributed by atoms with Gasteiger partial charge < -0.3 is 15.3 Å². The van der Waals surface area contributed by atoms with Gasteiger partial charge in [0, 0.05) is 0 Å². The molecular weight excluding hydrogens is 170 g/mol. The van der Waals surface area contributed by atoms with Gasteiger partial charge >= 0.3 is 11.9 Å². The Morgan fingerprint density at radius 1 is 1.17 bits per heavy atom. The van der Waals surface area contributed by atoms with Crippen molar-refractivity contribution >= 4 is 11.9 Å². The molecule has 0 saturated carbocycles. The molecule has 66 valence electrons. The molecule has 0 fully saturated rings. The molecule has 0 aliphatic rings. The average molecular weight is 175 g/mol. The van der Waals surface area contributed by atoms with E-state index in [1.54, 1.807) is 0 Å². The summed E-state index contributed by atoms with van der Waals surface area (Å²) in [4.78, 5) is 29.7. The first-order valence-electron chi connectivity index (χ1n) is 2.69. The number of hydrogen-bond acceptors (Lipinski definition) is 5.